The van der Waals surface area contributed by atoms with Crippen molar-refractivity contribution in [1.82, 2.24) is 0 Å². The van der Waals surface area contributed by atoms with Gasteiger partial charge >= 0.3 is 6.18 Å². The van der Waals surface area contributed by atoms with Crippen LogP contribution in [-0.4, -0.2) is 6.18 Å². The molecule has 5 heteroatoms. The van der Waals surface area contributed by atoms with Crippen LogP contribution in [0.3, 0.4) is 0 Å². The van der Waals surface area contributed by atoms with E-state index >= 15 is 0 Å². The smallest absolute Gasteiger partial charge is 0.206 e. The van der Waals surface area contributed by atoms with Gasteiger partial charge in [0.1, 0.15) is 11.6 Å². The molecule has 3 rings (SSSR count). The fourth-order valence-electron chi connectivity index (χ4n) is 5.09. The average molecular weight is 410 g/mol. The van der Waals surface area contributed by atoms with Crippen molar-refractivity contribution in [3.63, 3.8) is 0 Å². The van der Waals surface area contributed by atoms with Crippen molar-refractivity contribution in [3.8, 4) is 11.8 Å². The molecule has 2 saturated carbocycles. The lowest BCUT2D eigenvalue weighted by Crippen LogP contribution is -2.25. The maximum absolute atomic E-state index is 14.2. The summed E-state index contributed by atoms with van der Waals surface area (Å²) >= 11 is 0. The third-order valence-corrected chi connectivity index (χ3v) is 6.58. The molecule has 0 amide bonds. The van der Waals surface area contributed by atoms with E-state index in [9.17, 15) is 22.0 Å². The van der Waals surface area contributed by atoms with Crippen molar-refractivity contribution < 1.29 is 22.0 Å². The van der Waals surface area contributed by atoms with Crippen LogP contribution in [0.25, 0.3) is 0 Å². The molecule has 0 spiro atoms. The molecular formula is C24H27F5. The highest BCUT2D eigenvalue weighted by Gasteiger charge is 2.31. The van der Waals surface area contributed by atoms with Gasteiger partial charge in [0.15, 0.2) is 0 Å². The van der Waals surface area contributed by atoms with E-state index in [1.54, 1.807) is 5.92 Å². The summed E-state index contributed by atoms with van der Waals surface area (Å²) in [6, 6.07) is 2.33. The molecule has 0 aromatic heterocycles. The van der Waals surface area contributed by atoms with Gasteiger partial charge in [0, 0.05) is 5.92 Å². The zero-order valence-corrected chi connectivity index (χ0v) is 16.7. The second-order valence-corrected chi connectivity index (χ2v) is 8.42. The van der Waals surface area contributed by atoms with E-state index in [-0.39, 0.29) is 5.92 Å². The summed E-state index contributed by atoms with van der Waals surface area (Å²) in [6.45, 7) is 2.06. The average Bonchev–Trinajstić information content (AvgIpc) is 2.67. The molecular weight excluding hydrogens is 383 g/mol. The molecule has 0 radical (unpaired) electrons. The van der Waals surface area contributed by atoms with Crippen LogP contribution in [0.2, 0.25) is 0 Å². The number of benzene rings is 1. The Balaban J connectivity index is 1.60. The Morgan fingerprint density at radius 2 is 1.38 bits per heavy atom. The van der Waals surface area contributed by atoms with Crippen LogP contribution in [-0.2, 0) is 0 Å². The van der Waals surface area contributed by atoms with E-state index in [1.165, 1.54) is 25.7 Å². The normalized spacial score (nSPS) is 28.2. The molecule has 29 heavy (non-hydrogen) atoms. The van der Waals surface area contributed by atoms with Crippen LogP contribution in [0.15, 0.2) is 24.3 Å². The molecule has 158 valence electrons. The van der Waals surface area contributed by atoms with Crippen LogP contribution in [0.5, 0.6) is 0 Å². The summed E-state index contributed by atoms with van der Waals surface area (Å²) in [5.41, 5.74) is -0.273. The third kappa shape index (κ3) is 5.84. The van der Waals surface area contributed by atoms with E-state index in [4.69, 9.17) is 0 Å². The number of halogens is 5. The standard InChI is InChI=1S/C24H27F5/c1-2-3-16-4-6-17(7-5-16)18-8-10-19(11-9-18)20-14-22(25)21(23(26)15-20)12-13-24(27,28)29/h2-3,14-19H,4-11H2,1H3/b3-2+. The first-order chi connectivity index (χ1) is 13.8. The van der Waals surface area contributed by atoms with Gasteiger partial charge in [-0.1, -0.05) is 18.1 Å². The molecule has 2 aliphatic rings. The summed E-state index contributed by atoms with van der Waals surface area (Å²) in [6.07, 6.45) is 8.47. The lowest BCUT2D eigenvalue weighted by molar-refractivity contribution is -0.0696. The highest BCUT2D eigenvalue weighted by Crippen LogP contribution is 2.44. The van der Waals surface area contributed by atoms with Crippen LogP contribution < -0.4 is 0 Å². The predicted octanol–water partition coefficient (Wildman–Crippen LogP) is 7.53. The Kier molecular flexibility index (Phi) is 7.03. The minimum atomic E-state index is -4.78. The third-order valence-electron chi connectivity index (χ3n) is 6.58. The van der Waals surface area contributed by atoms with Crippen LogP contribution >= 0.6 is 0 Å². The maximum Gasteiger partial charge on any atom is 0.458 e. The quantitative estimate of drug-likeness (QED) is 0.274. The number of hydrogen-bond donors (Lipinski definition) is 0. The monoisotopic (exact) mass is 410 g/mol. The number of hydrogen-bond acceptors (Lipinski definition) is 0. The SMILES string of the molecule is C/C=C/C1CCC(C2CCC(c3cc(F)c(C#CC(F)(F)F)c(F)c3)CC2)CC1. The van der Waals surface area contributed by atoms with Gasteiger partial charge < -0.3 is 0 Å². The Labute approximate surface area is 169 Å². The molecule has 1 aromatic carbocycles. The van der Waals surface area contributed by atoms with Gasteiger partial charge in [-0.3, -0.25) is 0 Å². The summed E-state index contributed by atoms with van der Waals surface area (Å²) in [5, 5.41) is 0. The summed E-state index contributed by atoms with van der Waals surface area (Å²) in [7, 11) is 0. The highest BCUT2D eigenvalue weighted by molar-refractivity contribution is 5.40. The van der Waals surface area contributed by atoms with Gasteiger partial charge in [-0.25, -0.2) is 8.78 Å². The lowest BCUT2D eigenvalue weighted by atomic mass is 9.68. The highest BCUT2D eigenvalue weighted by atomic mass is 19.4. The van der Waals surface area contributed by atoms with Crippen LogP contribution in [0.1, 0.15) is 75.3 Å². The van der Waals surface area contributed by atoms with Gasteiger partial charge in [-0.05, 0) is 99.7 Å². The van der Waals surface area contributed by atoms with Gasteiger partial charge in [-0.15, -0.1) is 0 Å². The summed E-state index contributed by atoms with van der Waals surface area (Å²) in [4.78, 5) is 0. The fourth-order valence-corrected chi connectivity index (χ4v) is 5.09. The maximum atomic E-state index is 14.2. The molecule has 2 fully saturated rings. The molecule has 0 heterocycles. The Bertz CT molecular complexity index is 757. The topological polar surface area (TPSA) is 0 Å². The zero-order valence-electron chi connectivity index (χ0n) is 16.7. The van der Waals surface area contributed by atoms with E-state index in [2.05, 4.69) is 19.1 Å². The number of allylic oxidation sites excluding steroid dienone is 2. The van der Waals surface area contributed by atoms with Crippen molar-refractivity contribution in [2.75, 3.05) is 0 Å². The second kappa shape index (κ2) is 9.32. The van der Waals surface area contributed by atoms with E-state index in [0.717, 1.165) is 49.7 Å². The summed E-state index contributed by atoms with van der Waals surface area (Å²) < 4.78 is 65.0. The van der Waals surface area contributed by atoms with Crippen LogP contribution in [0, 0.1) is 41.2 Å². The molecule has 0 N–H and O–H groups in total. The van der Waals surface area contributed by atoms with Crippen molar-refractivity contribution >= 4 is 0 Å². The molecule has 0 atom stereocenters. The first kappa shape index (κ1) is 21.9. The van der Waals surface area contributed by atoms with Crippen molar-refractivity contribution in [2.45, 2.75) is 70.4 Å². The van der Waals surface area contributed by atoms with Crippen molar-refractivity contribution in [3.05, 3.63) is 47.0 Å². The molecule has 0 unspecified atom stereocenters. The number of rotatable bonds is 3. The second-order valence-electron chi connectivity index (χ2n) is 8.42. The van der Waals surface area contributed by atoms with Gasteiger partial charge in [0.2, 0.25) is 0 Å². The summed E-state index contributed by atoms with van der Waals surface area (Å²) in [5.74, 6) is 2.67. The molecule has 2 aliphatic carbocycles. The minimum absolute atomic E-state index is 0.0549. The molecule has 0 bridgehead atoms. The Hall–Kier alpha value is -1.83. The number of alkyl halides is 3. The Morgan fingerprint density at radius 3 is 1.86 bits per heavy atom. The van der Waals surface area contributed by atoms with E-state index in [1.807, 2.05) is 0 Å². The van der Waals surface area contributed by atoms with Gasteiger partial charge in [0.25, 0.3) is 0 Å². The molecule has 1 aromatic rings. The largest absolute Gasteiger partial charge is 0.458 e. The first-order valence-electron chi connectivity index (χ1n) is 10.5. The van der Waals surface area contributed by atoms with Crippen molar-refractivity contribution in [1.29, 1.82) is 0 Å². The molecule has 0 nitrogen and oxygen atoms in total. The molecule has 0 aliphatic heterocycles. The van der Waals surface area contributed by atoms with E-state index < -0.39 is 23.4 Å². The fraction of sp³-hybridized carbons (Fsp3) is 0.583. The Morgan fingerprint density at radius 1 is 0.862 bits per heavy atom. The van der Waals surface area contributed by atoms with Crippen LogP contribution in [0.4, 0.5) is 22.0 Å². The van der Waals surface area contributed by atoms with E-state index in [0.29, 0.717) is 17.4 Å². The molecule has 0 saturated heterocycles. The van der Waals surface area contributed by atoms with Crippen molar-refractivity contribution in [2.24, 2.45) is 17.8 Å². The van der Waals surface area contributed by atoms with Gasteiger partial charge in [-0.2, -0.15) is 13.2 Å². The lowest BCUT2D eigenvalue weighted by Gasteiger charge is -2.37. The van der Waals surface area contributed by atoms with Gasteiger partial charge in [0.05, 0.1) is 5.56 Å². The predicted molar refractivity (Wildman–Crippen MR) is 104 cm³/mol. The minimum Gasteiger partial charge on any atom is -0.206 e. The first-order valence-corrected chi connectivity index (χ1v) is 10.5. The zero-order chi connectivity index (χ0) is 21.0.